The molecule has 0 unspecified atom stereocenters. The number of nitrogens with two attached hydrogens (primary N) is 1. The van der Waals surface area contributed by atoms with Crippen molar-refractivity contribution in [2.45, 2.75) is 37.8 Å². The second-order valence-corrected chi connectivity index (χ2v) is 10.1. The molecule has 0 radical (unpaired) electrons. The van der Waals surface area contributed by atoms with Gasteiger partial charge < -0.3 is 32.1 Å². The molecule has 0 saturated carbocycles. The van der Waals surface area contributed by atoms with Crippen LogP contribution in [0.5, 0.6) is 5.75 Å². The van der Waals surface area contributed by atoms with Crippen LogP contribution in [0.3, 0.4) is 0 Å². The molecule has 0 bridgehead atoms. The van der Waals surface area contributed by atoms with Crippen molar-refractivity contribution in [1.29, 1.82) is 0 Å². The first kappa shape index (κ1) is 35.0. The fourth-order valence-electron chi connectivity index (χ4n) is 4.37. The first-order valence-corrected chi connectivity index (χ1v) is 14.5. The Morgan fingerprint density at radius 1 is 0.761 bits per heavy atom. The van der Waals surface area contributed by atoms with E-state index in [1.54, 1.807) is 12.1 Å². The highest BCUT2D eigenvalue weighted by Crippen LogP contribution is 2.25. The maximum atomic E-state index is 13.7. The highest BCUT2D eigenvalue weighted by molar-refractivity contribution is 5.95. The molecule has 3 aromatic carbocycles. The maximum Gasteiger partial charge on any atom is 0.321 e. The molecule has 5 amide bonds. The molecule has 3 rings (SSSR count). The van der Waals surface area contributed by atoms with E-state index in [0.717, 1.165) is 16.7 Å². The number of phenolic OH excluding ortho intramolecular Hbond substituents is 1. The number of rotatable bonds is 15. The molecule has 0 spiro atoms. The molecule has 0 heterocycles. The van der Waals surface area contributed by atoms with E-state index in [1.165, 1.54) is 12.1 Å². The highest BCUT2D eigenvalue weighted by Gasteiger charge is 2.27. The van der Waals surface area contributed by atoms with E-state index in [9.17, 15) is 33.1 Å². The Kier molecular flexibility index (Phi) is 13.9. The van der Waals surface area contributed by atoms with Gasteiger partial charge in [-0.3, -0.25) is 24.7 Å². The summed E-state index contributed by atoms with van der Waals surface area (Å²) in [6, 6.07) is 23.1. The topological polar surface area (TPSA) is 187 Å². The van der Waals surface area contributed by atoms with Gasteiger partial charge in [-0.2, -0.15) is 8.78 Å². The Hall–Kier alpha value is -5.53. The Labute approximate surface area is 264 Å². The van der Waals surface area contributed by atoms with Crippen molar-refractivity contribution in [1.82, 2.24) is 26.6 Å². The summed E-state index contributed by atoms with van der Waals surface area (Å²) in [4.78, 5) is 53.9. The number of carbonyl (C=O) groups excluding carboxylic acids is 4. The molecular formula is C32H37F2N7O5. The van der Waals surface area contributed by atoms with Crippen LogP contribution in [0.25, 0.3) is 0 Å². The fraction of sp³-hybridized carbons (Fsp3) is 0.281. The van der Waals surface area contributed by atoms with Crippen LogP contribution < -0.4 is 32.3 Å². The standard InChI is InChI=1S/C32H37F2N7O5/c33-27(34)30(45)36-18-19-38-32(46)41-31(35)37-17-7-12-25(28(43)39-20-21-13-15-24(42)16-14-21)40-29(44)26(22-8-3-1-4-9-22)23-10-5-2-6-11-23/h1-6,8-11,13-16,25-27,42H,7,12,17-20H2,(H,36,45)(H,39,43)(H,40,44)(H4,35,37,38,41,46)/t25-/m1/s1. The lowest BCUT2D eigenvalue weighted by molar-refractivity contribution is -0.131. The van der Waals surface area contributed by atoms with Gasteiger partial charge in [0.2, 0.25) is 11.8 Å². The number of phenols is 1. The maximum absolute atomic E-state index is 13.7. The second-order valence-electron chi connectivity index (χ2n) is 10.1. The minimum atomic E-state index is -3.15. The summed E-state index contributed by atoms with van der Waals surface area (Å²) < 4.78 is 24.4. The minimum Gasteiger partial charge on any atom is -0.508 e. The molecule has 0 fully saturated rings. The molecule has 3 aromatic rings. The first-order valence-electron chi connectivity index (χ1n) is 14.5. The van der Waals surface area contributed by atoms with Gasteiger partial charge in [0.25, 0.3) is 5.91 Å². The summed E-state index contributed by atoms with van der Waals surface area (Å²) >= 11 is 0. The molecule has 0 aliphatic rings. The van der Waals surface area contributed by atoms with Crippen molar-refractivity contribution in [3.63, 3.8) is 0 Å². The van der Waals surface area contributed by atoms with Gasteiger partial charge >= 0.3 is 12.5 Å². The largest absolute Gasteiger partial charge is 0.508 e. The monoisotopic (exact) mass is 637 g/mol. The van der Waals surface area contributed by atoms with E-state index in [-0.39, 0.29) is 50.2 Å². The van der Waals surface area contributed by atoms with Crippen LogP contribution in [0.1, 0.15) is 35.4 Å². The smallest absolute Gasteiger partial charge is 0.321 e. The van der Waals surface area contributed by atoms with Crippen LogP contribution in [0.4, 0.5) is 13.6 Å². The zero-order valence-corrected chi connectivity index (χ0v) is 24.9. The lowest BCUT2D eigenvalue weighted by Crippen LogP contribution is -2.48. The van der Waals surface area contributed by atoms with E-state index in [2.05, 4.69) is 26.3 Å². The number of guanidine groups is 1. The van der Waals surface area contributed by atoms with Crippen molar-refractivity contribution in [3.05, 3.63) is 102 Å². The quantitative estimate of drug-likeness (QED) is 0.0760. The summed E-state index contributed by atoms with van der Waals surface area (Å²) in [5, 5.41) is 21.8. The molecule has 8 N–H and O–H groups in total. The predicted molar refractivity (Wildman–Crippen MR) is 168 cm³/mol. The molecule has 0 aromatic heterocycles. The van der Waals surface area contributed by atoms with Gasteiger partial charge in [0.15, 0.2) is 5.96 Å². The fourth-order valence-corrected chi connectivity index (χ4v) is 4.37. The third-order valence-electron chi connectivity index (χ3n) is 6.65. The number of carbonyl (C=O) groups is 4. The van der Waals surface area contributed by atoms with Gasteiger partial charge in [-0.25, -0.2) is 4.79 Å². The van der Waals surface area contributed by atoms with Gasteiger partial charge in [-0.15, -0.1) is 0 Å². The van der Waals surface area contributed by atoms with Gasteiger partial charge in [-0.1, -0.05) is 72.8 Å². The van der Waals surface area contributed by atoms with Gasteiger partial charge in [0.1, 0.15) is 11.8 Å². The summed E-state index contributed by atoms with van der Waals surface area (Å²) in [5.41, 5.74) is 8.02. The van der Waals surface area contributed by atoms with Crippen LogP contribution in [0.2, 0.25) is 0 Å². The van der Waals surface area contributed by atoms with Crippen LogP contribution in [-0.2, 0) is 20.9 Å². The van der Waals surface area contributed by atoms with Gasteiger partial charge in [0, 0.05) is 26.2 Å². The normalized spacial score (nSPS) is 11.9. The molecule has 0 saturated heterocycles. The average molecular weight is 638 g/mol. The Balaban J connectivity index is 1.62. The molecule has 46 heavy (non-hydrogen) atoms. The zero-order valence-electron chi connectivity index (χ0n) is 24.9. The number of aromatic hydroxyl groups is 1. The van der Waals surface area contributed by atoms with Crippen molar-refractivity contribution < 1.29 is 33.1 Å². The van der Waals surface area contributed by atoms with Crippen LogP contribution in [0, 0.1) is 0 Å². The molecule has 0 aliphatic heterocycles. The van der Waals surface area contributed by atoms with E-state index < -0.39 is 36.2 Å². The number of halogens is 2. The number of nitrogens with zero attached hydrogens (tertiary/aromatic N) is 1. The van der Waals surface area contributed by atoms with Gasteiger partial charge in [0.05, 0.1) is 5.92 Å². The number of hydrogen-bond donors (Lipinski definition) is 7. The Bertz CT molecular complexity index is 1420. The highest BCUT2D eigenvalue weighted by atomic mass is 19.3. The number of aliphatic imine (C=N–C) groups is 1. The number of benzene rings is 3. The Morgan fingerprint density at radius 3 is 1.93 bits per heavy atom. The first-order chi connectivity index (χ1) is 22.1. The zero-order chi connectivity index (χ0) is 33.3. The van der Waals surface area contributed by atoms with Crippen molar-refractivity contribution in [2.75, 3.05) is 19.6 Å². The summed E-state index contributed by atoms with van der Waals surface area (Å²) in [7, 11) is 0. The van der Waals surface area contributed by atoms with E-state index in [1.807, 2.05) is 66.0 Å². The van der Waals surface area contributed by atoms with Gasteiger partial charge in [-0.05, 0) is 41.7 Å². The number of nitrogens with one attached hydrogen (secondary N) is 5. The number of alkyl halides is 2. The van der Waals surface area contributed by atoms with Crippen molar-refractivity contribution in [3.8, 4) is 5.75 Å². The summed E-state index contributed by atoms with van der Waals surface area (Å²) in [6.45, 7) is -0.0483. The SMILES string of the molecule is NC(=NCCC[C@@H](NC(=O)C(c1ccccc1)c1ccccc1)C(=O)NCc1ccc(O)cc1)NC(=O)NCCNC(=O)C(F)F. The number of urea groups is 1. The molecule has 244 valence electrons. The molecular weight excluding hydrogens is 600 g/mol. The van der Waals surface area contributed by atoms with E-state index in [0.29, 0.717) is 6.42 Å². The van der Waals surface area contributed by atoms with E-state index >= 15 is 0 Å². The van der Waals surface area contributed by atoms with E-state index in [4.69, 9.17) is 5.73 Å². The number of amides is 5. The molecule has 1 atom stereocenters. The number of hydrogen-bond acceptors (Lipinski definition) is 6. The van der Waals surface area contributed by atoms with Crippen molar-refractivity contribution in [2.24, 2.45) is 10.7 Å². The van der Waals surface area contributed by atoms with Crippen LogP contribution in [-0.4, -0.2) is 66.9 Å². The third-order valence-corrected chi connectivity index (χ3v) is 6.65. The van der Waals surface area contributed by atoms with Crippen LogP contribution in [0.15, 0.2) is 89.9 Å². The third kappa shape index (κ3) is 11.9. The molecule has 14 heteroatoms. The minimum absolute atomic E-state index is 0.0956. The average Bonchev–Trinajstić information content (AvgIpc) is 3.05. The predicted octanol–water partition coefficient (Wildman–Crippen LogP) is 2.10. The molecule has 12 nitrogen and oxygen atoms in total. The Morgan fingerprint density at radius 2 is 1.35 bits per heavy atom. The molecule has 0 aliphatic carbocycles. The summed E-state index contributed by atoms with van der Waals surface area (Å²) in [5.74, 6) is -3.03. The lowest BCUT2D eigenvalue weighted by Gasteiger charge is -2.23. The van der Waals surface area contributed by atoms with Crippen LogP contribution >= 0.6 is 0 Å². The lowest BCUT2D eigenvalue weighted by atomic mass is 9.90. The second kappa shape index (κ2) is 18.3. The summed E-state index contributed by atoms with van der Waals surface area (Å²) in [6.07, 6.45) is -2.65. The van der Waals surface area contributed by atoms with Crippen molar-refractivity contribution >= 4 is 29.7 Å².